The lowest BCUT2D eigenvalue weighted by atomic mass is 10.1. The number of thioether (sulfide) groups is 1. The van der Waals surface area contributed by atoms with Gasteiger partial charge in [0.05, 0.1) is 18.1 Å². The van der Waals surface area contributed by atoms with Crippen LogP contribution in [0.1, 0.15) is 29.8 Å². The topological polar surface area (TPSA) is 109 Å². The number of H-pyrrole nitrogens is 1. The summed E-state index contributed by atoms with van der Waals surface area (Å²) in [5.74, 6) is 0.898. The number of carbonyl (C=O) groups is 1. The van der Waals surface area contributed by atoms with E-state index >= 15 is 0 Å². The zero-order valence-electron chi connectivity index (χ0n) is 15.3. The van der Waals surface area contributed by atoms with Crippen LogP contribution >= 0.6 is 11.8 Å². The fourth-order valence-electron chi connectivity index (χ4n) is 2.54. The van der Waals surface area contributed by atoms with E-state index in [4.69, 9.17) is 9.15 Å². The Balaban J connectivity index is 1.84. The normalized spacial score (nSPS) is 11.6. The summed E-state index contributed by atoms with van der Waals surface area (Å²) in [5.41, 5.74) is -0.0259. The van der Waals surface area contributed by atoms with Crippen LogP contribution in [-0.2, 0) is 0 Å². The molecule has 0 aliphatic carbocycles. The van der Waals surface area contributed by atoms with Crippen LogP contribution in [0.3, 0.4) is 0 Å². The van der Waals surface area contributed by atoms with Crippen molar-refractivity contribution < 1.29 is 13.9 Å². The Morgan fingerprint density at radius 3 is 2.71 bits per heavy atom. The molecule has 0 saturated heterocycles. The van der Waals surface area contributed by atoms with Gasteiger partial charge in [0.1, 0.15) is 23.1 Å². The molecule has 1 atom stereocenters. The lowest BCUT2D eigenvalue weighted by Gasteiger charge is -2.11. The number of rotatable bonds is 7. The van der Waals surface area contributed by atoms with Crippen molar-refractivity contribution in [3.8, 4) is 23.3 Å². The third-order valence-corrected chi connectivity index (χ3v) is 4.86. The Bertz CT molecular complexity index is 1070. The van der Waals surface area contributed by atoms with Gasteiger partial charge in [-0.1, -0.05) is 11.8 Å². The van der Waals surface area contributed by atoms with Crippen molar-refractivity contribution in [3.05, 3.63) is 64.1 Å². The number of aromatic amines is 1. The number of hydrogen-bond donors (Lipinski definition) is 1. The van der Waals surface area contributed by atoms with E-state index in [0.717, 1.165) is 11.8 Å². The average molecular weight is 395 g/mol. The standard InChI is InChI=1S/C20H17N3O4S/c1-3-26-14-8-6-13(7-9-14)18(24)12(2)28-20-22-17(16-5-4-10-27-16)15(11-21)19(25)23-20/h4-10,12H,3H2,1-2H3,(H,22,23,25)/t12-/m1/s1. The number of aromatic nitrogens is 2. The van der Waals surface area contributed by atoms with Crippen LogP contribution in [-0.4, -0.2) is 27.6 Å². The van der Waals surface area contributed by atoms with Gasteiger partial charge >= 0.3 is 0 Å². The molecule has 0 fully saturated rings. The SMILES string of the molecule is CCOc1ccc(C(=O)[C@@H](C)Sc2nc(-c3ccco3)c(C#N)c(=O)[nH]2)cc1. The lowest BCUT2D eigenvalue weighted by Crippen LogP contribution is -2.18. The Hall–Kier alpha value is -3.31. The van der Waals surface area contributed by atoms with Gasteiger partial charge in [-0.25, -0.2) is 4.98 Å². The number of ketones is 1. The highest BCUT2D eigenvalue weighted by Gasteiger charge is 2.21. The van der Waals surface area contributed by atoms with Gasteiger partial charge in [0.2, 0.25) is 0 Å². The minimum atomic E-state index is -0.577. The number of nitriles is 1. The van der Waals surface area contributed by atoms with Gasteiger partial charge in [0.15, 0.2) is 16.7 Å². The molecule has 0 spiro atoms. The third-order valence-electron chi connectivity index (χ3n) is 3.87. The summed E-state index contributed by atoms with van der Waals surface area (Å²) in [6.07, 6.45) is 1.43. The molecule has 7 nitrogen and oxygen atoms in total. The lowest BCUT2D eigenvalue weighted by molar-refractivity contribution is 0.0994. The van der Waals surface area contributed by atoms with Crippen LogP contribution < -0.4 is 10.3 Å². The molecule has 0 aliphatic heterocycles. The number of nitrogens with zero attached hydrogens (tertiary/aromatic N) is 2. The van der Waals surface area contributed by atoms with E-state index in [2.05, 4.69) is 9.97 Å². The van der Waals surface area contributed by atoms with Crippen molar-refractivity contribution >= 4 is 17.5 Å². The molecule has 0 amide bonds. The van der Waals surface area contributed by atoms with Crippen molar-refractivity contribution in [2.24, 2.45) is 0 Å². The fraction of sp³-hybridized carbons (Fsp3) is 0.200. The first kappa shape index (κ1) is 19.5. The first-order chi connectivity index (χ1) is 13.5. The summed E-state index contributed by atoms with van der Waals surface area (Å²) in [4.78, 5) is 31.8. The van der Waals surface area contributed by atoms with Crippen LogP contribution in [0.5, 0.6) is 5.75 Å². The summed E-state index contributed by atoms with van der Waals surface area (Å²) >= 11 is 1.11. The fourth-order valence-corrected chi connectivity index (χ4v) is 3.42. The van der Waals surface area contributed by atoms with E-state index in [1.165, 1.54) is 6.26 Å². The highest BCUT2D eigenvalue weighted by molar-refractivity contribution is 8.00. The molecule has 28 heavy (non-hydrogen) atoms. The van der Waals surface area contributed by atoms with Gasteiger partial charge in [0.25, 0.3) is 5.56 Å². The van der Waals surface area contributed by atoms with Crippen molar-refractivity contribution in [1.29, 1.82) is 5.26 Å². The summed E-state index contributed by atoms with van der Waals surface area (Å²) in [5, 5.41) is 8.98. The zero-order valence-corrected chi connectivity index (χ0v) is 16.1. The van der Waals surface area contributed by atoms with Crippen LogP contribution in [0.25, 0.3) is 11.5 Å². The maximum atomic E-state index is 12.7. The van der Waals surface area contributed by atoms with Crippen molar-refractivity contribution in [2.75, 3.05) is 6.61 Å². The van der Waals surface area contributed by atoms with E-state index in [9.17, 15) is 14.9 Å². The Morgan fingerprint density at radius 1 is 1.36 bits per heavy atom. The van der Waals surface area contributed by atoms with E-state index in [-0.39, 0.29) is 22.2 Å². The third kappa shape index (κ3) is 4.15. The van der Waals surface area contributed by atoms with Gasteiger partial charge in [-0.15, -0.1) is 0 Å². The predicted molar refractivity (Wildman–Crippen MR) is 105 cm³/mol. The zero-order chi connectivity index (χ0) is 20.1. The molecule has 8 heteroatoms. The number of carbonyl (C=O) groups excluding carboxylic acids is 1. The first-order valence-corrected chi connectivity index (χ1v) is 9.43. The molecule has 142 valence electrons. The first-order valence-electron chi connectivity index (χ1n) is 8.55. The summed E-state index contributed by atoms with van der Waals surface area (Å²) in [6.45, 7) is 4.17. The van der Waals surface area contributed by atoms with E-state index < -0.39 is 10.8 Å². The van der Waals surface area contributed by atoms with Crippen molar-refractivity contribution in [1.82, 2.24) is 9.97 Å². The van der Waals surface area contributed by atoms with Crippen LogP contribution in [0.2, 0.25) is 0 Å². The quantitative estimate of drug-likeness (QED) is 0.369. The molecule has 2 aromatic heterocycles. The molecule has 0 aliphatic rings. The van der Waals surface area contributed by atoms with E-state index in [1.807, 2.05) is 13.0 Å². The summed E-state index contributed by atoms with van der Waals surface area (Å²) < 4.78 is 10.6. The van der Waals surface area contributed by atoms with Crippen LogP contribution in [0.15, 0.2) is 57.0 Å². The number of ether oxygens (including phenoxy) is 1. The number of nitrogens with one attached hydrogen (secondary N) is 1. The number of benzene rings is 1. The van der Waals surface area contributed by atoms with Gasteiger partial charge in [-0.05, 0) is 50.2 Å². The molecule has 0 bridgehead atoms. The van der Waals surface area contributed by atoms with Crippen LogP contribution in [0.4, 0.5) is 0 Å². The van der Waals surface area contributed by atoms with Gasteiger partial charge in [-0.2, -0.15) is 5.26 Å². The predicted octanol–water partition coefficient (Wildman–Crippen LogP) is 3.66. The number of hydrogen-bond acceptors (Lipinski definition) is 7. The maximum absolute atomic E-state index is 12.7. The monoisotopic (exact) mass is 395 g/mol. The highest BCUT2D eigenvalue weighted by Crippen LogP contribution is 2.26. The van der Waals surface area contributed by atoms with Crippen molar-refractivity contribution in [2.45, 2.75) is 24.3 Å². The second-order valence-corrected chi connectivity index (χ2v) is 7.10. The largest absolute Gasteiger partial charge is 0.494 e. The second kappa shape index (κ2) is 8.59. The molecule has 0 saturated carbocycles. The molecule has 3 aromatic rings. The molecule has 1 N–H and O–H groups in total. The molecule has 0 radical (unpaired) electrons. The number of Topliss-reactive ketones (excluding diaryl/α,β-unsaturated/α-hetero) is 1. The maximum Gasteiger partial charge on any atom is 0.270 e. The molecule has 3 rings (SSSR count). The van der Waals surface area contributed by atoms with E-state index in [1.54, 1.807) is 43.3 Å². The van der Waals surface area contributed by atoms with E-state index in [0.29, 0.717) is 23.7 Å². The number of furan rings is 1. The molecule has 2 heterocycles. The van der Waals surface area contributed by atoms with Gasteiger partial charge in [0, 0.05) is 5.56 Å². The smallest absolute Gasteiger partial charge is 0.270 e. The minimum Gasteiger partial charge on any atom is -0.494 e. The summed E-state index contributed by atoms with van der Waals surface area (Å²) in [7, 11) is 0. The van der Waals surface area contributed by atoms with Crippen molar-refractivity contribution in [3.63, 3.8) is 0 Å². The summed E-state index contributed by atoms with van der Waals surface area (Å²) in [6, 6.07) is 12.0. The Morgan fingerprint density at radius 2 is 2.11 bits per heavy atom. The Kier molecular flexibility index (Phi) is 5.96. The molecule has 1 aromatic carbocycles. The average Bonchev–Trinajstić information content (AvgIpc) is 3.22. The Labute approximate surface area is 165 Å². The van der Waals surface area contributed by atoms with Crippen LogP contribution in [0, 0.1) is 11.3 Å². The minimum absolute atomic E-state index is 0.111. The molecular weight excluding hydrogens is 378 g/mol. The second-order valence-electron chi connectivity index (χ2n) is 5.77. The highest BCUT2D eigenvalue weighted by atomic mass is 32.2. The molecular formula is C20H17N3O4S. The van der Waals surface area contributed by atoms with Gasteiger partial charge in [-0.3, -0.25) is 9.59 Å². The van der Waals surface area contributed by atoms with Gasteiger partial charge < -0.3 is 14.1 Å². The molecule has 0 unspecified atom stereocenters.